The summed E-state index contributed by atoms with van der Waals surface area (Å²) < 4.78 is 16.9. The van der Waals surface area contributed by atoms with E-state index in [4.69, 9.17) is 37.4 Å². The van der Waals surface area contributed by atoms with Gasteiger partial charge in [-0.3, -0.25) is 14.4 Å². The van der Waals surface area contributed by atoms with Gasteiger partial charge in [0.25, 0.3) is 0 Å². The van der Waals surface area contributed by atoms with Crippen LogP contribution in [0.15, 0.2) is 60.7 Å². The molecule has 1 heterocycles. The van der Waals surface area contributed by atoms with Crippen LogP contribution >= 0.6 is 23.2 Å². The zero-order valence-electron chi connectivity index (χ0n) is 28.2. The van der Waals surface area contributed by atoms with Gasteiger partial charge in [0.2, 0.25) is 11.8 Å². The molecule has 1 aliphatic heterocycles. The van der Waals surface area contributed by atoms with Crippen molar-refractivity contribution in [1.82, 2.24) is 10.6 Å². The summed E-state index contributed by atoms with van der Waals surface area (Å²) in [5, 5.41) is 16.3. The lowest BCUT2D eigenvalue weighted by molar-refractivity contribution is -0.180. The molecule has 0 saturated carbocycles. The maximum Gasteiger partial charge on any atom is 0.347 e. The van der Waals surface area contributed by atoms with Gasteiger partial charge < -0.3 is 30.0 Å². The maximum atomic E-state index is 13.6. The van der Waals surface area contributed by atoms with Crippen LogP contribution in [0, 0.1) is 17.3 Å². The second-order valence-electron chi connectivity index (χ2n) is 13.1. The Morgan fingerprint density at radius 1 is 1.04 bits per heavy atom. The Morgan fingerprint density at radius 2 is 1.73 bits per heavy atom. The molecule has 6 atom stereocenters. The summed E-state index contributed by atoms with van der Waals surface area (Å²) in [5.41, 5.74) is 0.104. The van der Waals surface area contributed by atoms with Gasteiger partial charge >= 0.3 is 11.9 Å². The third-order valence-electron chi connectivity index (χ3n) is 8.19. The Bertz CT molecular complexity index is 1450. The largest absolute Gasteiger partial charge is 0.495 e. The zero-order chi connectivity index (χ0) is 35.6. The summed E-state index contributed by atoms with van der Waals surface area (Å²) >= 11 is 13.0. The summed E-state index contributed by atoms with van der Waals surface area (Å²) in [7, 11) is 1.49. The lowest BCUT2D eigenvalue weighted by Crippen LogP contribution is -2.51. The lowest BCUT2D eigenvalue weighted by atomic mass is 9.90. The van der Waals surface area contributed by atoms with Gasteiger partial charge in [-0.25, -0.2) is 4.79 Å². The number of cyclic esters (lactones) is 2. The Labute approximate surface area is 292 Å². The Balaban J connectivity index is 1.96. The van der Waals surface area contributed by atoms with Crippen LogP contribution in [-0.2, 0) is 35.1 Å². The van der Waals surface area contributed by atoms with E-state index in [0.29, 0.717) is 21.9 Å². The summed E-state index contributed by atoms with van der Waals surface area (Å²) in [6.07, 6.45) is -0.287. The molecule has 262 valence electrons. The van der Waals surface area contributed by atoms with Crippen molar-refractivity contribution in [1.29, 1.82) is 0 Å². The van der Waals surface area contributed by atoms with Gasteiger partial charge in [-0.15, -0.1) is 11.6 Å². The number of rotatable bonds is 9. The number of benzene rings is 2. The minimum atomic E-state index is -1.25. The number of aliphatic hydroxyl groups is 1. The molecule has 3 rings (SSSR count). The fraction of sp³-hybridized carbons (Fsp3) is 0.500. The molecule has 1 aliphatic rings. The van der Waals surface area contributed by atoms with Crippen LogP contribution < -0.4 is 15.4 Å². The Hall–Kier alpha value is -3.60. The van der Waals surface area contributed by atoms with Crippen LogP contribution in [-0.4, -0.2) is 66.9 Å². The fourth-order valence-electron chi connectivity index (χ4n) is 5.14. The molecule has 2 aromatic carbocycles. The van der Waals surface area contributed by atoms with Gasteiger partial charge in [-0.1, -0.05) is 74.8 Å². The van der Waals surface area contributed by atoms with Gasteiger partial charge in [-0.2, -0.15) is 0 Å². The molecule has 3 N–H and O–H groups in total. The van der Waals surface area contributed by atoms with E-state index in [1.165, 1.54) is 19.3 Å². The minimum absolute atomic E-state index is 0.0224. The summed E-state index contributed by atoms with van der Waals surface area (Å²) in [6, 6.07) is 13.0. The van der Waals surface area contributed by atoms with Crippen molar-refractivity contribution in [3.8, 4) is 5.75 Å². The van der Waals surface area contributed by atoms with Gasteiger partial charge in [-0.05, 0) is 55.5 Å². The molecule has 2 amide bonds. The average molecular weight is 706 g/mol. The molecule has 48 heavy (non-hydrogen) atoms. The number of halogens is 2. The van der Waals surface area contributed by atoms with Gasteiger partial charge in [0, 0.05) is 25.3 Å². The number of carbonyl (C=O) groups is 4. The molecule has 0 fully saturated rings. The highest BCUT2D eigenvalue weighted by Crippen LogP contribution is 2.32. The van der Waals surface area contributed by atoms with E-state index in [1.807, 2.05) is 19.9 Å². The minimum Gasteiger partial charge on any atom is -0.495 e. The molecule has 2 unspecified atom stereocenters. The molecular weight excluding hydrogens is 659 g/mol. The maximum absolute atomic E-state index is 13.6. The lowest BCUT2D eigenvalue weighted by Gasteiger charge is -2.32. The van der Waals surface area contributed by atoms with Crippen LogP contribution in [0.4, 0.5) is 0 Å². The first-order valence-corrected chi connectivity index (χ1v) is 16.8. The third kappa shape index (κ3) is 11.0. The van der Waals surface area contributed by atoms with Crippen molar-refractivity contribution in [2.75, 3.05) is 13.7 Å². The van der Waals surface area contributed by atoms with E-state index in [0.717, 1.165) is 0 Å². The molecule has 0 spiro atoms. The normalized spacial score (nSPS) is 23.6. The molecule has 12 heteroatoms. The second kappa shape index (κ2) is 17.7. The van der Waals surface area contributed by atoms with Crippen LogP contribution in [0.1, 0.15) is 64.0 Å². The van der Waals surface area contributed by atoms with E-state index in [2.05, 4.69) is 10.6 Å². The quantitative estimate of drug-likeness (QED) is 0.235. The number of aliphatic hydroxyl groups excluding tert-OH is 1. The number of nitrogens with one attached hydrogen (secondary N) is 2. The van der Waals surface area contributed by atoms with Crippen molar-refractivity contribution in [3.05, 3.63) is 76.8 Å². The summed E-state index contributed by atoms with van der Waals surface area (Å²) in [5.74, 6) is -2.87. The number of hydrogen-bond acceptors (Lipinski definition) is 8. The first-order chi connectivity index (χ1) is 22.6. The molecule has 0 radical (unpaired) electrons. The van der Waals surface area contributed by atoms with E-state index < -0.39 is 64.8 Å². The van der Waals surface area contributed by atoms with E-state index in [-0.39, 0.29) is 31.7 Å². The van der Waals surface area contributed by atoms with Crippen LogP contribution in [0.25, 0.3) is 0 Å². The molecule has 0 aromatic heterocycles. The van der Waals surface area contributed by atoms with E-state index in [9.17, 15) is 24.3 Å². The summed E-state index contributed by atoms with van der Waals surface area (Å²) in [6.45, 7) is 8.49. The molecule has 0 saturated heterocycles. The fourth-order valence-corrected chi connectivity index (χ4v) is 5.79. The predicted octanol–water partition coefficient (Wildman–Crippen LogP) is 5.33. The average Bonchev–Trinajstić information content (AvgIpc) is 3.04. The van der Waals surface area contributed by atoms with Crippen LogP contribution in [0.2, 0.25) is 5.02 Å². The van der Waals surface area contributed by atoms with Gasteiger partial charge in [0.05, 0.1) is 29.0 Å². The number of carbonyl (C=O) groups excluding carboxylic acids is 4. The van der Waals surface area contributed by atoms with Crippen molar-refractivity contribution in [2.24, 2.45) is 17.3 Å². The molecular formula is C36H46Cl2N2O8. The van der Waals surface area contributed by atoms with Crippen molar-refractivity contribution in [3.63, 3.8) is 0 Å². The first-order valence-electron chi connectivity index (χ1n) is 16.0. The van der Waals surface area contributed by atoms with Gasteiger partial charge in [0.1, 0.15) is 17.9 Å². The molecule has 0 aliphatic carbocycles. The Morgan fingerprint density at radius 3 is 2.35 bits per heavy atom. The topological polar surface area (TPSA) is 140 Å². The first kappa shape index (κ1) is 38.8. The van der Waals surface area contributed by atoms with Crippen molar-refractivity contribution < 1.29 is 38.5 Å². The number of hydrogen-bond donors (Lipinski definition) is 3. The highest BCUT2D eigenvalue weighted by atomic mass is 35.5. The third-order valence-corrected chi connectivity index (χ3v) is 9.00. The monoisotopic (exact) mass is 704 g/mol. The van der Waals surface area contributed by atoms with Crippen LogP contribution in [0.5, 0.6) is 5.75 Å². The number of alkyl halides is 1. The predicted molar refractivity (Wildman–Crippen MR) is 184 cm³/mol. The molecule has 10 nitrogen and oxygen atoms in total. The highest BCUT2D eigenvalue weighted by Gasteiger charge is 2.38. The summed E-state index contributed by atoms with van der Waals surface area (Å²) in [4.78, 5) is 53.6. The number of methoxy groups -OCH3 is 1. The van der Waals surface area contributed by atoms with Crippen molar-refractivity contribution >= 4 is 47.0 Å². The zero-order valence-corrected chi connectivity index (χ0v) is 29.7. The van der Waals surface area contributed by atoms with E-state index in [1.54, 1.807) is 63.2 Å². The number of esters is 2. The molecule has 0 bridgehead atoms. The number of ether oxygens (including phenoxy) is 3. The van der Waals surface area contributed by atoms with Gasteiger partial charge in [0.15, 0.2) is 6.10 Å². The van der Waals surface area contributed by atoms with Crippen LogP contribution in [0.3, 0.4) is 0 Å². The van der Waals surface area contributed by atoms with E-state index >= 15 is 0 Å². The Kier molecular flexibility index (Phi) is 14.3. The van der Waals surface area contributed by atoms with Crippen molar-refractivity contribution in [2.45, 2.75) is 83.6 Å². The number of amides is 2. The smallest absolute Gasteiger partial charge is 0.347 e. The second-order valence-corrected chi connectivity index (χ2v) is 14.0. The SMILES string of the molecule is COc1ccc(C[C@H]2NC(=O)/C=C/C[C@@H]([C@H](C)C(O)C(Cl)c3ccccc3)OC(=O)[C@H](CC(C)C)OC(=O)C(C)(C)CNC2=O)cc1Cl. The highest BCUT2D eigenvalue weighted by molar-refractivity contribution is 6.32. The standard InChI is InChI=1S/C36H46Cl2N2O8/c1-21(2)17-29-34(44)47-27(22(3)32(42)31(38)24-11-8-7-9-12-24)13-10-14-30(41)40-26(19-23-15-16-28(46-6)25(37)18-23)33(43)39-20-36(4,5)35(45)48-29/h7-12,14-16,18,21-22,26-27,29,31-32,42H,13,17,19-20H2,1-6H3,(H,39,43)(H,40,41)/b14-10+/t22-,26+,27-,29-,31?,32?/m0/s1. The molecule has 2 aromatic rings.